The molecule has 2 nitrogen and oxygen atoms in total. The van der Waals surface area contributed by atoms with Crippen LogP contribution < -0.4 is 5.32 Å². The van der Waals surface area contributed by atoms with Crippen LogP contribution in [-0.4, -0.2) is 11.7 Å². The second-order valence-corrected chi connectivity index (χ2v) is 5.00. The first-order valence-corrected chi connectivity index (χ1v) is 6.91. The van der Waals surface area contributed by atoms with E-state index in [1.54, 1.807) is 6.07 Å². The zero-order valence-electron chi connectivity index (χ0n) is 11.0. The second kappa shape index (κ2) is 7.39. The minimum atomic E-state index is -0.339. The van der Waals surface area contributed by atoms with Crippen molar-refractivity contribution in [2.75, 3.05) is 6.61 Å². The minimum absolute atomic E-state index is 0.0438. The Morgan fingerprint density at radius 3 is 2.55 bits per heavy atom. The van der Waals surface area contributed by atoms with Crippen molar-refractivity contribution in [1.82, 2.24) is 5.32 Å². The highest BCUT2D eigenvalue weighted by Crippen LogP contribution is 2.20. The van der Waals surface area contributed by atoms with Gasteiger partial charge in [-0.25, -0.2) is 4.39 Å². The third-order valence-electron chi connectivity index (χ3n) is 3.17. The molecule has 0 heterocycles. The van der Waals surface area contributed by atoms with Crippen molar-refractivity contribution >= 4 is 11.6 Å². The lowest BCUT2D eigenvalue weighted by atomic mass is 10.0. The summed E-state index contributed by atoms with van der Waals surface area (Å²) in [6, 6.07) is 14.3. The van der Waals surface area contributed by atoms with E-state index in [-0.39, 0.29) is 18.5 Å². The maximum atomic E-state index is 13.0. The SMILES string of the molecule is OCC[C@@H](NCc1ccc(F)cc1Cl)c1ccccc1. The van der Waals surface area contributed by atoms with E-state index in [4.69, 9.17) is 11.6 Å². The maximum Gasteiger partial charge on any atom is 0.124 e. The van der Waals surface area contributed by atoms with Gasteiger partial charge in [0.05, 0.1) is 0 Å². The molecule has 0 spiro atoms. The van der Waals surface area contributed by atoms with Crippen LogP contribution in [0.25, 0.3) is 0 Å². The predicted molar refractivity (Wildman–Crippen MR) is 79.1 cm³/mol. The first-order valence-electron chi connectivity index (χ1n) is 6.54. The van der Waals surface area contributed by atoms with Gasteiger partial charge in [-0.15, -0.1) is 0 Å². The van der Waals surface area contributed by atoms with Gasteiger partial charge < -0.3 is 10.4 Å². The molecule has 106 valence electrons. The maximum absolute atomic E-state index is 13.0. The number of nitrogens with one attached hydrogen (secondary N) is 1. The molecule has 0 fully saturated rings. The zero-order chi connectivity index (χ0) is 14.4. The number of hydrogen-bond acceptors (Lipinski definition) is 2. The smallest absolute Gasteiger partial charge is 0.124 e. The van der Waals surface area contributed by atoms with Crippen LogP contribution in [0, 0.1) is 5.82 Å². The number of hydrogen-bond donors (Lipinski definition) is 2. The van der Waals surface area contributed by atoms with Crippen LogP contribution >= 0.6 is 11.6 Å². The Morgan fingerprint density at radius 2 is 1.90 bits per heavy atom. The molecule has 2 rings (SSSR count). The van der Waals surface area contributed by atoms with E-state index in [1.807, 2.05) is 30.3 Å². The summed E-state index contributed by atoms with van der Waals surface area (Å²) in [6.07, 6.45) is 0.614. The highest BCUT2D eigenvalue weighted by molar-refractivity contribution is 6.31. The summed E-state index contributed by atoms with van der Waals surface area (Å²) in [6.45, 7) is 0.627. The van der Waals surface area contributed by atoms with E-state index >= 15 is 0 Å². The molecule has 2 aromatic carbocycles. The summed E-state index contributed by atoms with van der Waals surface area (Å²) in [5.74, 6) is -0.339. The number of rotatable bonds is 6. The van der Waals surface area contributed by atoms with Gasteiger partial charge in [0.2, 0.25) is 0 Å². The highest BCUT2D eigenvalue weighted by atomic mass is 35.5. The molecule has 0 amide bonds. The Labute approximate surface area is 123 Å². The Morgan fingerprint density at radius 1 is 1.15 bits per heavy atom. The van der Waals surface area contributed by atoms with E-state index in [0.29, 0.717) is 18.0 Å². The van der Waals surface area contributed by atoms with Crippen LogP contribution in [0.5, 0.6) is 0 Å². The molecule has 0 aliphatic heterocycles. The highest BCUT2D eigenvalue weighted by Gasteiger charge is 2.11. The van der Waals surface area contributed by atoms with Gasteiger partial charge in [0.1, 0.15) is 5.82 Å². The number of benzene rings is 2. The number of halogens is 2. The number of aliphatic hydroxyl groups is 1. The molecule has 0 unspecified atom stereocenters. The quantitative estimate of drug-likeness (QED) is 0.851. The minimum Gasteiger partial charge on any atom is -0.396 e. The monoisotopic (exact) mass is 293 g/mol. The first kappa shape index (κ1) is 15.0. The molecule has 0 aromatic heterocycles. The van der Waals surface area contributed by atoms with Crippen LogP contribution in [0.3, 0.4) is 0 Å². The van der Waals surface area contributed by atoms with Crippen molar-refractivity contribution < 1.29 is 9.50 Å². The van der Waals surface area contributed by atoms with Gasteiger partial charge in [-0.2, -0.15) is 0 Å². The summed E-state index contributed by atoms with van der Waals surface area (Å²) >= 11 is 6.01. The summed E-state index contributed by atoms with van der Waals surface area (Å²) < 4.78 is 13.0. The van der Waals surface area contributed by atoms with Gasteiger partial charge in [-0.1, -0.05) is 48.0 Å². The average molecular weight is 294 g/mol. The van der Waals surface area contributed by atoms with Crippen molar-refractivity contribution in [3.63, 3.8) is 0 Å². The van der Waals surface area contributed by atoms with Crippen molar-refractivity contribution in [1.29, 1.82) is 0 Å². The van der Waals surface area contributed by atoms with E-state index in [0.717, 1.165) is 11.1 Å². The van der Waals surface area contributed by atoms with Crippen LogP contribution in [0.2, 0.25) is 5.02 Å². The molecule has 20 heavy (non-hydrogen) atoms. The van der Waals surface area contributed by atoms with Crippen molar-refractivity contribution in [3.8, 4) is 0 Å². The lowest BCUT2D eigenvalue weighted by Gasteiger charge is -2.18. The Kier molecular flexibility index (Phi) is 5.53. The van der Waals surface area contributed by atoms with E-state index in [1.165, 1.54) is 12.1 Å². The molecule has 2 aromatic rings. The van der Waals surface area contributed by atoms with Gasteiger partial charge >= 0.3 is 0 Å². The largest absolute Gasteiger partial charge is 0.396 e. The summed E-state index contributed by atoms with van der Waals surface area (Å²) in [5.41, 5.74) is 1.95. The molecular weight excluding hydrogens is 277 g/mol. The lowest BCUT2D eigenvalue weighted by Crippen LogP contribution is -2.22. The van der Waals surface area contributed by atoms with Gasteiger partial charge in [-0.3, -0.25) is 0 Å². The van der Waals surface area contributed by atoms with Gasteiger partial charge in [-0.05, 0) is 29.7 Å². The third kappa shape index (κ3) is 4.04. The van der Waals surface area contributed by atoms with Gasteiger partial charge in [0.25, 0.3) is 0 Å². The fourth-order valence-electron chi connectivity index (χ4n) is 2.10. The number of aliphatic hydroxyl groups excluding tert-OH is 1. The molecular formula is C16H17ClFNO. The van der Waals surface area contributed by atoms with Crippen LogP contribution in [0.1, 0.15) is 23.6 Å². The van der Waals surface area contributed by atoms with Crippen molar-refractivity contribution in [2.24, 2.45) is 0 Å². The molecule has 0 saturated carbocycles. The Bertz CT molecular complexity index is 547. The second-order valence-electron chi connectivity index (χ2n) is 4.59. The molecule has 0 bridgehead atoms. The topological polar surface area (TPSA) is 32.3 Å². The third-order valence-corrected chi connectivity index (χ3v) is 3.53. The first-order chi connectivity index (χ1) is 9.70. The molecule has 0 saturated heterocycles. The standard InChI is InChI=1S/C16H17ClFNO/c17-15-10-14(18)7-6-13(15)11-19-16(8-9-20)12-4-2-1-3-5-12/h1-7,10,16,19-20H,8-9,11H2/t16-/m1/s1. The summed E-state index contributed by atoms with van der Waals surface area (Å²) in [7, 11) is 0. The lowest BCUT2D eigenvalue weighted by molar-refractivity contribution is 0.265. The average Bonchev–Trinajstić information content (AvgIpc) is 2.46. The van der Waals surface area contributed by atoms with Crippen LogP contribution in [0.15, 0.2) is 48.5 Å². The fraction of sp³-hybridized carbons (Fsp3) is 0.250. The molecule has 0 aliphatic carbocycles. The van der Waals surface area contributed by atoms with Crippen molar-refractivity contribution in [2.45, 2.75) is 19.0 Å². The zero-order valence-corrected chi connectivity index (χ0v) is 11.8. The molecule has 2 N–H and O–H groups in total. The van der Waals surface area contributed by atoms with Crippen LogP contribution in [0.4, 0.5) is 4.39 Å². The van der Waals surface area contributed by atoms with E-state index in [9.17, 15) is 9.50 Å². The fourth-order valence-corrected chi connectivity index (χ4v) is 2.33. The summed E-state index contributed by atoms with van der Waals surface area (Å²) in [4.78, 5) is 0. The van der Waals surface area contributed by atoms with Crippen molar-refractivity contribution in [3.05, 3.63) is 70.5 Å². The van der Waals surface area contributed by atoms with E-state index < -0.39 is 0 Å². The van der Waals surface area contributed by atoms with Gasteiger partial charge in [0, 0.05) is 24.2 Å². The molecule has 4 heteroatoms. The molecule has 1 atom stereocenters. The van der Waals surface area contributed by atoms with E-state index in [2.05, 4.69) is 5.32 Å². The predicted octanol–water partition coefficient (Wildman–Crippen LogP) is 3.69. The van der Waals surface area contributed by atoms with Crippen LogP contribution in [-0.2, 0) is 6.54 Å². The Hall–Kier alpha value is -1.42. The normalized spacial score (nSPS) is 12.3. The Balaban J connectivity index is 2.06. The summed E-state index contributed by atoms with van der Waals surface area (Å²) in [5, 5.41) is 12.9. The molecule has 0 aliphatic rings. The molecule has 0 radical (unpaired) electrons. The van der Waals surface area contributed by atoms with Gasteiger partial charge in [0.15, 0.2) is 0 Å².